The monoisotopic (exact) mass is 286 g/mol. The highest BCUT2D eigenvalue weighted by Crippen LogP contribution is 2.02. The normalized spacial score (nSPS) is 11.1. The number of benzene rings is 1. The van der Waals surface area contributed by atoms with Gasteiger partial charge >= 0.3 is 5.97 Å². The first-order valence-corrected chi connectivity index (χ1v) is 5.80. The molecule has 0 aromatic heterocycles. The van der Waals surface area contributed by atoms with E-state index in [1.54, 1.807) is 6.92 Å². The Balaban J connectivity index is 0.00000324. The molecule has 0 fully saturated rings. The molecule has 1 aromatic carbocycles. The number of hydrogen-bond donors (Lipinski definition) is 2. The zero-order valence-corrected chi connectivity index (χ0v) is 11.6. The van der Waals surface area contributed by atoms with Gasteiger partial charge in [0.25, 0.3) is 0 Å². The standard InChI is InChI=1S/C13H18N2O3.ClH/c1-10(15-12(16)8-14)7-13(17)18-9-11-5-3-2-4-6-11;/h2-6,10H,7-9,14H2,1H3,(H,15,16);1H/t10-;/m1./s1. The number of carbonyl (C=O) groups is 2. The lowest BCUT2D eigenvalue weighted by atomic mass is 10.2. The van der Waals surface area contributed by atoms with Crippen LogP contribution >= 0.6 is 12.4 Å². The molecule has 5 nitrogen and oxygen atoms in total. The molecule has 0 heterocycles. The first-order valence-electron chi connectivity index (χ1n) is 5.80. The van der Waals surface area contributed by atoms with Crippen LogP contribution in [0.15, 0.2) is 30.3 Å². The van der Waals surface area contributed by atoms with Gasteiger partial charge in [-0.25, -0.2) is 0 Å². The second-order valence-corrected chi connectivity index (χ2v) is 4.02. The molecule has 1 aromatic rings. The predicted molar refractivity (Wildman–Crippen MR) is 74.8 cm³/mol. The molecule has 6 heteroatoms. The Morgan fingerprint density at radius 1 is 1.32 bits per heavy atom. The summed E-state index contributed by atoms with van der Waals surface area (Å²) in [5.41, 5.74) is 6.09. The van der Waals surface area contributed by atoms with Crippen molar-refractivity contribution in [2.24, 2.45) is 5.73 Å². The van der Waals surface area contributed by atoms with Crippen molar-refractivity contribution in [1.82, 2.24) is 5.32 Å². The number of hydrogen-bond acceptors (Lipinski definition) is 4. The van der Waals surface area contributed by atoms with Gasteiger partial charge in [-0.05, 0) is 12.5 Å². The van der Waals surface area contributed by atoms with Gasteiger partial charge in [-0.2, -0.15) is 0 Å². The summed E-state index contributed by atoms with van der Waals surface area (Å²) >= 11 is 0. The SMILES string of the molecule is C[C@H](CC(=O)OCc1ccccc1)NC(=O)CN.Cl. The zero-order chi connectivity index (χ0) is 13.4. The van der Waals surface area contributed by atoms with E-state index in [1.165, 1.54) is 0 Å². The summed E-state index contributed by atoms with van der Waals surface area (Å²) in [6.45, 7) is 1.90. The summed E-state index contributed by atoms with van der Waals surface area (Å²) in [4.78, 5) is 22.5. The van der Waals surface area contributed by atoms with Crippen molar-refractivity contribution in [1.29, 1.82) is 0 Å². The maximum absolute atomic E-state index is 11.5. The molecule has 0 spiro atoms. The summed E-state index contributed by atoms with van der Waals surface area (Å²) in [7, 11) is 0. The van der Waals surface area contributed by atoms with E-state index in [1.807, 2.05) is 30.3 Å². The summed E-state index contributed by atoms with van der Waals surface area (Å²) in [5.74, 6) is -0.623. The van der Waals surface area contributed by atoms with E-state index in [0.717, 1.165) is 5.56 Å². The van der Waals surface area contributed by atoms with Crippen molar-refractivity contribution in [3.8, 4) is 0 Å². The van der Waals surface area contributed by atoms with Gasteiger partial charge in [-0.1, -0.05) is 30.3 Å². The van der Waals surface area contributed by atoms with Crippen LogP contribution in [-0.4, -0.2) is 24.5 Å². The van der Waals surface area contributed by atoms with Crippen molar-refractivity contribution in [2.45, 2.75) is 26.0 Å². The molecular formula is C13H19ClN2O3. The van der Waals surface area contributed by atoms with E-state index in [2.05, 4.69) is 5.32 Å². The summed E-state index contributed by atoms with van der Waals surface area (Å²) in [5, 5.41) is 2.59. The predicted octanol–water partition coefficient (Wildman–Crippen LogP) is 1.01. The molecule has 106 valence electrons. The van der Waals surface area contributed by atoms with Gasteiger partial charge in [0.2, 0.25) is 5.91 Å². The minimum Gasteiger partial charge on any atom is -0.461 e. The maximum atomic E-state index is 11.5. The van der Waals surface area contributed by atoms with Crippen LogP contribution in [0.25, 0.3) is 0 Å². The van der Waals surface area contributed by atoms with Crippen molar-refractivity contribution in [2.75, 3.05) is 6.54 Å². The number of ether oxygens (including phenoxy) is 1. The molecule has 0 aliphatic rings. The second kappa shape index (κ2) is 9.35. The highest BCUT2D eigenvalue weighted by molar-refractivity contribution is 5.85. The number of halogens is 1. The lowest BCUT2D eigenvalue weighted by molar-refractivity contribution is -0.145. The van der Waals surface area contributed by atoms with Crippen LogP contribution in [-0.2, 0) is 20.9 Å². The Labute approximate surface area is 118 Å². The molecule has 0 saturated carbocycles. The topological polar surface area (TPSA) is 81.4 Å². The smallest absolute Gasteiger partial charge is 0.308 e. The van der Waals surface area contributed by atoms with Crippen molar-refractivity contribution in [3.63, 3.8) is 0 Å². The van der Waals surface area contributed by atoms with Gasteiger partial charge in [-0.3, -0.25) is 9.59 Å². The molecule has 0 radical (unpaired) electrons. The number of amides is 1. The van der Waals surface area contributed by atoms with Crippen molar-refractivity contribution in [3.05, 3.63) is 35.9 Å². The van der Waals surface area contributed by atoms with Crippen LogP contribution < -0.4 is 11.1 Å². The van der Waals surface area contributed by atoms with E-state index < -0.39 is 0 Å². The van der Waals surface area contributed by atoms with E-state index in [4.69, 9.17) is 10.5 Å². The van der Waals surface area contributed by atoms with Gasteiger partial charge in [0.15, 0.2) is 0 Å². The largest absolute Gasteiger partial charge is 0.461 e. The Kier molecular flexibility index (Phi) is 8.57. The van der Waals surface area contributed by atoms with Gasteiger partial charge in [0, 0.05) is 6.04 Å². The van der Waals surface area contributed by atoms with E-state index in [0.29, 0.717) is 0 Å². The number of nitrogens with two attached hydrogens (primary N) is 1. The number of rotatable bonds is 6. The molecular weight excluding hydrogens is 268 g/mol. The molecule has 0 aliphatic heterocycles. The van der Waals surface area contributed by atoms with Crippen LogP contribution in [0.1, 0.15) is 18.9 Å². The molecule has 0 aliphatic carbocycles. The average molecular weight is 287 g/mol. The summed E-state index contributed by atoms with van der Waals surface area (Å²) in [6, 6.07) is 9.15. The highest BCUT2D eigenvalue weighted by atomic mass is 35.5. The van der Waals surface area contributed by atoms with Crippen molar-refractivity contribution >= 4 is 24.3 Å². The fraction of sp³-hybridized carbons (Fsp3) is 0.385. The lowest BCUT2D eigenvalue weighted by Gasteiger charge is -2.12. The Hall–Kier alpha value is -1.59. The summed E-state index contributed by atoms with van der Waals surface area (Å²) < 4.78 is 5.09. The molecule has 19 heavy (non-hydrogen) atoms. The van der Waals surface area contributed by atoms with Crippen molar-refractivity contribution < 1.29 is 14.3 Å². The van der Waals surface area contributed by atoms with E-state index in [-0.39, 0.29) is 49.9 Å². The second-order valence-electron chi connectivity index (χ2n) is 4.02. The minimum atomic E-state index is -0.344. The average Bonchev–Trinajstić information content (AvgIpc) is 2.37. The summed E-state index contributed by atoms with van der Waals surface area (Å²) in [6.07, 6.45) is 0.137. The quantitative estimate of drug-likeness (QED) is 0.765. The van der Waals surface area contributed by atoms with Crippen LogP contribution in [0.3, 0.4) is 0 Å². The molecule has 0 unspecified atom stereocenters. The van der Waals surface area contributed by atoms with Crippen LogP contribution in [0.5, 0.6) is 0 Å². The molecule has 1 amide bonds. The first kappa shape index (κ1) is 17.4. The molecule has 0 bridgehead atoms. The highest BCUT2D eigenvalue weighted by Gasteiger charge is 2.12. The van der Waals surface area contributed by atoms with Crippen LogP contribution in [0, 0.1) is 0 Å². The number of carbonyl (C=O) groups excluding carboxylic acids is 2. The Bertz CT molecular complexity index is 398. The molecule has 3 N–H and O–H groups in total. The van der Waals surface area contributed by atoms with E-state index in [9.17, 15) is 9.59 Å². The maximum Gasteiger partial charge on any atom is 0.308 e. The van der Waals surface area contributed by atoms with Crippen LogP contribution in [0.2, 0.25) is 0 Å². The van der Waals surface area contributed by atoms with Gasteiger partial charge in [-0.15, -0.1) is 12.4 Å². The number of esters is 1. The molecule has 1 atom stereocenters. The third kappa shape index (κ3) is 7.43. The third-order valence-corrected chi connectivity index (χ3v) is 2.31. The fourth-order valence-corrected chi connectivity index (χ4v) is 1.43. The third-order valence-electron chi connectivity index (χ3n) is 2.31. The van der Waals surface area contributed by atoms with Gasteiger partial charge in [0.05, 0.1) is 13.0 Å². The number of nitrogens with one attached hydrogen (secondary N) is 1. The zero-order valence-electron chi connectivity index (χ0n) is 10.8. The fourth-order valence-electron chi connectivity index (χ4n) is 1.43. The lowest BCUT2D eigenvalue weighted by Crippen LogP contribution is -2.38. The van der Waals surface area contributed by atoms with Crippen LogP contribution in [0.4, 0.5) is 0 Å². The molecule has 0 saturated heterocycles. The van der Waals surface area contributed by atoms with Gasteiger partial charge in [0.1, 0.15) is 6.61 Å². The molecule has 1 rings (SSSR count). The Morgan fingerprint density at radius 3 is 2.53 bits per heavy atom. The minimum absolute atomic E-state index is 0. The Morgan fingerprint density at radius 2 is 1.95 bits per heavy atom. The van der Waals surface area contributed by atoms with E-state index >= 15 is 0 Å². The first-order chi connectivity index (χ1) is 8.61. The van der Waals surface area contributed by atoms with Gasteiger partial charge < -0.3 is 15.8 Å².